The first-order chi connectivity index (χ1) is 8.29. The minimum absolute atomic E-state index is 0.156. The number of carboxylic acid groups (broad SMARTS) is 1. The van der Waals surface area contributed by atoms with Gasteiger partial charge in [0.15, 0.2) is 0 Å². The lowest BCUT2D eigenvalue weighted by Crippen LogP contribution is -2.07. The molecule has 1 aromatic carbocycles. The van der Waals surface area contributed by atoms with Gasteiger partial charge in [-0.2, -0.15) is 13.2 Å². The molecule has 0 saturated heterocycles. The van der Waals surface area contributed by atoms with E-state index in [-0.39, 0.29) is 11.0 Å². The molecule has 2 N–H and O–H groups in total. The lowest BCUT2D eigenvalue weighted by Gasteiger charge is -2.05. The fourth-order valence-electron chi connectivity index (χ4n) is 1.57. The van der Waals surface area contributed by atoms with Crippen LogP contribution in [0.1, 0.15) is 24.2 Å². The maximum atomic E-state index is 12.4. The number of carbonyl (C=O) groups is 1. The molecule has 4 nitrogen and oxygen atoms in total. The standard InChI is InChI=1S/C11H9F3N2O2/c1-5(9(17)18)6-2-3-7-8(4-6)16-10(15-7)11(12,13)14/h2-5H,1H3,(H,15,16)(H,17,18). The van der Waals surface area contributed by atoms with Gasteiger partial charge < -0.3 is 10.1 Å². The highest BCUT2D eigenvalue weighted by Gasteiger charge is 2.34. The number of halogens is 3. The van der Waals surface area contributed by atoms with Crippen molar-refractivity contribution in [3.63, 3.8) is 0 Å². The van der Waals surface area contributed by atoms with E-state index in [1.165, 1.54) is 25.1 Å². The molecule has 0 aliphatic heterocycles. The molecule has 0 spiro atoms. The number of aliphatic carboxylic acids is 1. The van der Waals surface area contributed by atoms with Gasteiger partial charge in [0.25, 0.3) is 0 Å². The number of nitrogens with zero attached hydrogens (tertiary/aromatic N) is 1. The fourth-order valence-corrected chi connectivity index (χ4v) is 1.57. The molecule has 1 aromatic heterocycles. The molecule has 1 atom stereocenters. The fraction of sp³-hybridized carbons (Fsp3) is 0.273. The zero-order valence-electron chi connectivity index (χ0n) is 9.25. The molecule has 1 unspecified atom stereocenters. The Morgan fingerprint density at radius 3 is 2.67 bits per heavy atom. The summed E-state index contributed by atoms with van der Waals surface area (Å²) in [5, 5.41) is 8.84. The molecule has 0 radical (unpaired) electrons. The van der Waals surface area contributed by atoms with Crippen LogP contribution in [0.2, 0.25) is 0 Å². The van der Waals surface area contributed by atoms with E-state index in [4.69, 9.17) is 5.11 Å². The molecule has 0 aliphatic carbocycles. The molecule has 7 heteroatoms. The van der Waals surface area contributed by atoms with E-state index in [0.29, 0.717) is 5.56 Å². The Bertz CT molecular complexity index is 604. The molecular weight excluding hydrogens is 249 g/mol. The molecule has 0 amide bonds. The van der Waals surface area contributed by atoms with Crippen LogP contribution in [-0.2, 0) is 11.0 Å². The van der Waals surface area contributed by atoms with Gasteiger partial charge in [0.2, 0.25) is 5.82 Å². The Labute approximate surface area is 99.5 Å². The Balaban J connectivity index is 2.49. The van der Waals surface area contributed by atoms with Crippen LogP contribution in [0.25, 0.3) is 11.0 Å². The van der Waals surface area contributed by atoms with Crippen molar-refractivity contribution < 1.29 is 23.1 Å². The van der Waals surface area contributed by atoms with Gasteiger partial charge in [0.05, 0.1) is 17.0 Å². The summed E-state index contributed by atoms with van der Waals surface area (Å²) < 4.78 is 37.3. The molecule has 96 valence electrons. The van der Waals surface area contributed by atoms with Crippen molar-refractivity contribution in [2.75, 3.05) is 0 Å². The Kier molecular flexibility index (Phi) is 2.76. The SMILES string of the molecule is CC(C(=O)O)c1ccc2nc(C(F)(F)F)[nH]c2c1. The molecule has 2 aromatic rings. The summed E-state index contributed by atoms with van der Waals surface area (Å²) in [6.07, 6.45) is -4.54. The number of rotatable bonds is 2. The number of fused-ring (bicyclic) bond motifs is 1. The van der Waals surface area contributed by atoms with Gasteiger partial charge in [-0.3, -0.25) is 4.79 Å². The number of carboxylic acids is 1. The van der Waals surface area contributed by atoms with Gasteiger partial charge in [-0.05, 0) is 24.6 Å². The summed E-state index contributed by atoms with van der Waals surface area (Å²) in [6.45, 7) is 1.46. The van der Waals surface area contributed by atoms with Crippen molar-refractivity contribution in [2.24, 2.45) is 0 Å². The molecule has 0 saturated carbocycles. The van der Waals surface area contributed by atoms with Crippen molar-refractivity contribution in [3.05, 3.63) is 29.6 Å². The summed E-state index contributed by atoms with van der Waals surface area (Å²) in [5.41, 5.74) is 0.754. The normalized spacial score (nSPS) is 13.8. The number of hydrogen-bond acceptors (Lipinski definition) is 2. The topological polar surface area (TPSA) is 66.0 Å². The van der Waals surface area contributed by atoms with Crippen molar-refractivity contribution in [3.8, 4) is 0 Å². The number of aromatic amines is 1. The van der Waals surface area contributed by atoms with Crippen LogP contribution < -0.4 is 0 Å². The number of imidazole rings is 1. The van der Waals surface area contributed by atoms with Crippen LogP contribution in [0.15, 0.2) is 18.2 Å². The summed E-state index contributed by atoms with van der Waals surface area (Å²) >= 11 is 0. The van der Waals surface area contributed by atoms with Crippen molar-refractivity contribution in [2.45, 2.75) is 19.0 Å². The Morgan fingerprint density at radius 2 is 2.11 bits per heavy atom. The third-order valence-electron chi connectivity index (χ3n) is 2.64. The highest BCUT2D eigenvalue weighted by atomic mass is 19.4. The van der Waals surface area contributed by atoms with Crippen LogP contribution in [0.3, 0.4) is 0 Å². The second kappa shape index (κ2) is 4.01. The first kappa shape index (κ1) is 12.4. The molecular formula is C11H9F3N2O2. The molecule has 2 rings (SSSR count). The minimum atomic E-state index is -4.54. The van der Waals surface area contributed by atoms with Crippen molar-refractivity contribution in [1.29, 1.82) is 0 Å². The van der Waals surface area contributed by atoms with E-state index in [1.807, 2.05) is 0 Å². The molecule has 1 heterocycles. The number of alkyl halides is 3. The summed E-state index contributed by atoms with van der Waals surface area (Å²) in [7, 11) is 0. The number of aromatic nitrogens is 2. The van der Waals surface area contributed by atoms with E-state index in [1.54, 1.807) is 0 Å². The number of benzene rings is 1. The first-order valence-electron chi connectivity index (χ1n) is 5.08. The van der Waals surface area contributed by atoms with E-state index in [2.05, 4.69) is 9.97 Å². The maximum Gasteiger partial charge on any atom is 0.449 e. The van der Waals surface area contributed by atoms with Gasteiger partial charge in [0, 0.05) is 0 Å². The average molecular weight is 258 g/mol. The molecule has 0 bridgehead atoms. The molecule has 0 aliphatic rings. The quantitative estimate of drug-likeness (QED) is 0.870. The lowest BCUT2D eigenvalue weighted by atomic mass is 10.0. The van der Waals surface area contributed by atoms with Crippen LogP contribution >= 0.6 is 0 Å². The van der Waals surface area contributed by atoms with Crippen LogP contribution in [-0.4, -0.2) is 21.0 Å². The zero-order valence-corrected chi connectivity index (χ0v) is 9.25. The van der Waals surface area contributed by atoms with E-state index < -0.39 is 23.9 Å². The number of H-pyrrole nitrogens is 1. The highest BCUT2D eigenvalue weighted by molar-refractivity contribution is 5.80. The summed E-state index contributed by atoms with van der Waals surface area (Å²) in [4.78, 5) is 16.3. The van der Waals surface area contributed by atoms with Crippen LogP contribution in [0.4, 0.5) is 13.2 Å². The number of hydrogen-bond donors (Lipinski definition) is 2. The zero-order chi connectivity index (χ0) is 13.5. The maximum absolute atomic E-state index is 12.4. The predicted molar refractivity (Wildman–Crippen MR) is 57.1 cm³/mol. The van der Waals surface area contributed by atoms with Gasteiger partial charge in [-0.15, -0.1) is 0 Å². The van der Waals surface area contributed by atoms with Crippen LogP contribution in [0.5, 0.6) is 0 Å². The lowest BCUT2D eigenvalue weighted by molar-refractivity contribution is -0.144. The largest absolute Gasteiger partial charge is 0.481 e. The average Bonchev–Trinajstić information content (AvgIpc) is 2.69. The van der Waals surface area contributed by atoms with E-state index in [0.717, 1.165) is 0 Å². The second-order valence-electron chi connectivity index (χ2n) is 3.92. The second-order valence-corrected chi connectivity index (χ2v) is 3.92. The van der Waals surface area contributed by atoms with Crippen molar-refractivity contribution >= 4 is 17.0 Å². The van der Waals surface area contributed by atoms with Gasteiger partial charge in [-0.25, -0.2) is 4.98 Å². The third-order valence-corrected chi connectivity index (χ3v) is 2.64. The van der Waals surface area contributed by atoms with Crippen molar-refractivity contribution in [1.82, 2.24) is 9.97 Å². The van der Waals surface area contributed by atoms with Crippen LogP contribution in [0, 0.1) is 0 Å². The Morgan fingerprint density at radius 1 is 1.44 bits per heavy atom. The van der Waals surface area contributed by atoms with E-state index in [9.17, 15) is 18.0 Å². The smallest absolute Gasteiger partial charge is 0.449 e. The first-order valence-corrected chi connectivity index (χ1v) is 5.08. The third kappa shape index (κ3) is 2.15. The van der Waals surface area contributed by atoms with Gasteiger partial charge in [0.1, 0.15) is 0 Å². The molecule has 0 fully saturated rings. The summed E-state index contributed by atoms with van der Waals surface area (Å²) in [6, 6.07) is 4.20. The monoisotopic (exact) mass is 258 g/mol. The molecule has 18 heavy (non-hydrogen) atoms. The Hall–Kier alpha value is -2.05. The van der Waals surface area contributed by atoms with Gasteiger partial charge in [-0.1, -0.05) is 6.07 Å². The van der Waals surface area contributed by atoms with E-state index >= 15 is 0 Å². The minimum Gasteiger partial charge on any atom is -0.481 e. The predicted octanol–water partition coefficient (Wildman–Crippen LogP) is 2.77. The summed E-state index contributed by atoms with van der Waals surface area (Å²) in [5.74, 6) is -2.91. The highest BCUT2D eigenvalue weighted by Crippen LogP contribution is 2.29. The number of nitrogens with one attached hydrogen (secondary N) is 1. The van der Waals surface area contributed by atoms with Gasteiger partial charge >= 0.3 is 12.1 Å².